The van der Waals surface area contributed by atoms with E-state index < -0.39 is 0 Å². The van der Waals surface area contributed by atoms with E-state index in [2.05, 4.69) is 4.98 Å². The average molecular weight is 284 g/mol. The summed E-state index contributed by atoms with van der Waals surface area (Å²) in [4.78, 5) is 20.5. The highest BCUT2D eigenvalue weighted by Crippen LogP contribution is 2.28. The Hall–Kier alpha value is -2.76. The molecule has 3 rings (SSSR count). The van der Waals surface area contributed by atoms with Crippen LogP contribution in [0.1, 0.15) is 10.4 Å². The number of amides is 1. The fraction of sp³-hybridized carbons (Fsp3) is 0.200. The number of carbonyl (C=O) groups excluding carboxylic acids is 1. The molecule has 3 N–H and O–H groups in total. The summed E-state index contributed by atoms with van der Waals surface area (Å²) >= 11 is 0. The first-order valence-electron chi connectivity index (χ1n) is 6.65. The Bertz CT molecular complexity index is 702. The van der Waals surface area contributed by atoms with Crippen molar-refractivity contribution in [2.75, 3.05) is 35.7 Å². The molecule has 0 fully saturated rings. The molecule has 2 heterocycles. The second kappa shape index (κ2) is 4.97. The van der Waals surface area contributed by atoms with Crippen LogP contribution in [0.5, 0.6) is 5.75 Å². The summed E-state index contributed by atoms with van der Waals surface area (Å²) in [5, 5.41) is 9.61. The lowest BCUT2D eigenvalue weighted by atomic mass is 10.2. The minimum absolute atomic E-state index is 0.133. The number of likely N-dealkylation sites (N-methyl/N-ethyl adjacent to an activating group) is 1. The summed E-state index contributed by atoms with van der Waals surface area (Å²) in [6.45, 7) is 1.14. The van der Waals surface area contributed by atoms with Gasteiger partial charge in [0.05, 0.1) is 5.56 Å². The summed E-state index contributed by atoms with van der Waals surface area (Å²) in [5.74, 6) is 0.961. The molecule has 0 atom stereocenters. The Kier molecular flexibility index (Phi) is 3.13. The number of phenolic OH excluding ortho intramolecular Hbond substituents is 1. The van der Waals surface area contributed by atoms with Gasteiger partial charge >= 0.3 is 0 Å². The van der Waals surface area contributed by atoms with Gasteiger partial charge in [-0.25, -0.2) is 4.98 Å². The van der Waals surface area contributed by atoms with Gasteiger partial charge < -0.3 is 20.6 Å². The number of rotatable bonds is 1. The van der Waals surface area contributed by atoms with E-state index in [1.54, 1.807) is 41.3 Å². The predicted molar refractivity (Wildman–Crippen MR) is 81.7 cm³/mol. The first-order valence-corrected chi connectivity index (χ1v) is 6.65. The maximum absolute atomic E-state index is 12.7. The van der Waals surface area contributed by atoms with Crippen molar-refractivity contribution < 1.29 is 9.90 Å². The van der Waals surface area contributed by atoms with Gasteiger partial charge in [0, 0.05) is 31.9 Å². The second-order valence-corrected chi connectivity index (χ2v) is 5.01. The first-order chi connectivity index (χ1) is 10.1. The standard InChI is InChI=1S/C15H16N4O2/c1-18-7-8-19(10-3-2-4-11(20)9-10)15(21)12-5-6-13(16)17-14(12)18/h2-6,9,20H,7-8H2,1H3,(H2,16,17). The Balaban J connectivity index is 2.07. The summed E-state index contributed by atoms with van der Waals surface area (Å²) in [6, 6.07) is 9.98. The van der Waals surface area contributed by atoms with Crippen molar-refractivity contribution in [2.24, 2.45) is 0 Å². The summed E-state index contributed by atoms with van der Waals surface area (Å²) in [7, 11) is 1.88. The van der Waals surface area contributed by atoms with Crippen LogP contribution in [-0.2, 0) is 0 Å². The van der Waals surface area contributed by atoms with E-state index in [0.29, 0.717) is 36.0 Å². The zero-order valence-electron chi connectivity index (χ0n) is 11.7. The number of nitrogen functional groups attached to an aromatic ring is 1. The van der Waals surface area contributed by atoms with Gasteiger partial charge in [0.15, 0.2) is 0 Å². The molecule has 0 spiro atoms. The number of pyridine rings is 1. The van der Waals surface area contributed by atoms with E-state index in [1.807, 2.05) is 11.9 Å². The molecule has 0 bridgehead atoms. The van der Waals surface area contributed by atoms with E-state index in [-0.39, 0.29) is 11.7 Å². The number of aromatic hydroxyl groups is 1. The zero-order chi connectivity index (χ0) is 15.0. The lowest BCUT2D eigenvalue weighted by molar-refractivity contribution is 0.0990. The maximum atomic E-state index is 12.7. The van der Waals surface area contributed by atoms with Crippen molar-refractivity contribution in [2.45, 2.75) is 0 Å². The molecule has 6 nitrogen and oxygen atoms in total. The number of fused-ring (bicyclic) bond motifs is 1. The molecule has 108 valence electrons. The van der Waals surface area contributed by atoms with Gasteiger partial charge in [-0.05, 0) is 24.3 Å². The molecule has 1 amide bonds. The van der Waals surface area contributed by atoms with E-state index in [0.717, 1.165) is 0 Å². The Morgan fingerprint density at radius 1 is 1.24 bits per heavy atom. The summed E-state index contributed by atoms with van der Waals surface area (Å²) in [5.41, 5.74) is 6.88. The topological polar surface area (TPSA) is 82.7 Å². The van der Waals surface area contributed by atoms with Gasteiger partial charge in [-0.2, -0.15) is 0 Å². The molecular weight excluding hydrogens is 268 g/mol. The number of nitrogens with zero attached hydrogens (tertiary/aromatic N) is 3. The van der Waals surface area contributed by atoms with Gasteiger partial charge in [-0.1, -0.05) is 6.07 Å². The van der Waals surface area contributed by atoms with E-state index >= 15 is 0 Å². The van der Waals surface area contributed by atoms with Gasteiger partial charge in [0.25, 0.3) is 5.91 Å². The normalized spacial score (nSPS) is 14.8. The minimum Gasteiger partial charge on any atom is -0.508 e. The zero-order valence-corrected chi connectivity index (χ0v) is 11.7. The lowest BCUT2D eigenvalue weighted by Gasteiger charge is -2.21. The minimum atomic E-state index is -0.146. The number of nitrogens with two attached hydrogens (primary N) is 1. The first kappa shape index (κ1) is 13.2. The number of hydrogen-bond acceptors (Lipinski definition) is 5. The van der Waals surface area contributed by atoms with Crippen molar-refractivity contribution in [1.29, 1.82) is 0 Å². The molecule has 21 heavy (non-hydrogen) atoms. The third-order valence-corrected chi connectivity index (χ3v) is 3.53. The van der Waals surface area contributed by atoms with E-state index in [1.165, 1.54) is 0 Å². The lowest BCUT2D eigenvalue weighted by Crippen LogP contribution is -2.33. The molecule has 0 radical (unpaired) electrons. The van der Waals surface area contributed by atoms with Crippen molar-refractivity contribution in [1.82, 2.24) is 4.98 Å². The third kappa shape index (κ3) is 2.35. The third-order valence-electron chi connectivity index (χ3n) is 3.53. The second-order valence-electron chi connectivity index (χ2n) is 5.01. The number of carbonyl (C=O) groups is 1. The summed E-state index contributed by atoms with van der Waals surface area (Å²) < 4.78 is 0. The van der Waals surface area contributed by atoms with Crippen molar-refractivity contribution in [3.05, 3.63) is 42.0 Å². The Morgan fingerprint density at radius 2 is 2.05 bits per heavy atom. The van der Waals surface area contributed by atoms with Crippen LogP contribution >= 0.6 is 0 Å². The van der Waals surface area contributed by atoms with Crippen LogP contribution < -0.4 is 15.5 Å². The van der Waals surface area contributed by atoms with Crippen LogP contribution in [0.25, 0.3) is 0 Å². The molecule has 1 aliphatic rings. The molecule has 0 aliphatic carbocycles. The number of benzene rings is 1. The molecule has 0 saturated heterocycles. The number of anilines is 3. The smallest absolute Gasteiger partial charge is 0.262 e. The molecule has 1 aliphatic heterocycles. The van der Waals surface area contributed by atoms with Crippen molar-refractivity contribution in [3.8, 4) is 5.75 Å². The molecule has 1 aromatic heterocycles. The van der Waals surface area contributed by atoms with Gasteiger partial charge in [-0.3, -0.25) is 4.79 Å². The Morgan fingerprint density at radius 3 is 2.81 bits per heavy atom. The van der Waals surface area contributed by atoms with Crippen LogP contribution in [0.4, 0.5) is 17.3 Å². The van der Waals surface area contributed by atoms with Crippen LogP contribution in [0.15, 0.2) is 36.4 Å². The van der Waals surface area contributed by atoms with Crippen LogP contribution in [0, 0.1) is 0 Å². The summed E-state index contributed by atoms with van der Waals surface area (Å²) in [6.07, 6.45) is 0. The monoisotopic (exact) mass is 284 g/mol. The number of phenols is 1. The highest BCUT2D eigenvalue weighted by atomic mass is 16.3. The molecule has 0 saturated carbocycles. The molecule has 0 unspecified atom stereocenters. The largest absolute Gasteiger partial charge is 0.508 e. The van der Waals surface area contributed by atoms with Gasteiger partial charge in [-0.15, -0.1) is 0 Å². The van der Waals surface area contributed by atoms with Crippen LogP contribution in [0.3, 0.4) is 0 Å². The average Bonchev–Trinajstić information content (AvgIpc) is 2.57. The fourth-order valence-corrected chi connectivity index (χ4v) is 2.43. The quantitative estimate of drug-likeness (QED) is 0.828. The molecular formula is C15H16N4O2. The van der Waals surface area contributed by atoms with E-state index in [9.17, 15) is 9.90 Å². The van der Waals surface area contributed by atoms with Crippen LogP contribution in [0.2, 0.25) is 0 Å². The SMILES string of the molecule is CN1CCN(c2cccc(O)c2)C(=O)c2ccc(N)nc21. The van der Waals surface area contributed by atoms with Crippen molar-refractivity contribution in [3.63, 3.8) is 0 Å². The predicted octanol–water partition coefficient (Wildman–Crippen LogP) is 1.47. The maximum Gasteiger partial charge on any atom is 0.262 e. The highest BCUT2D eigenvalue weighted by molar-refractivity contribution is 6.10. The van der Waals surface area contributed by atoms with Crippen molar-refractivity contribution >= 4 is 23.2 Å². The number of aromatic nitrogens is 1. The van der Waals surface area contributed by atoms with Gasteiger partial charge in [0.2, 0.25) is 0 Å². The van der Waals surface area contributed by atoms with Gasteiger partial charge in [0.1, 0.15) is 17.4 Å². The van der Waals surface area contributed by atoms with E-state index in [4.69, 9.17) is 5.73 Å². The van der Waals surface area contributed by atoms with Crippen LogP contribution in [-0.4, -0.2) is 36.1 Å². The molecule has 1 aromatic carbocycles. The molecule has 2 aromatic rings. The number of hydrogen-bond donors (Lipinski definition) is 2. The fourth-order valence-electron chi connectivity index (χ4n) is 2.43. The highest BCUT2D eigenvalue weighted by Gasteiger charge is 2.27. The Labute approximate surface area is 122 Å². The molecule has 6 heteroatoms.